The molecule has 1 aromatic carbocycles. The summed E-state index contributed by atoms with van der Waals surface area (Å²) in [5.41, 5.74) is 1.08. The molecule has 0 spiro atoms. The van der Waals surface area contributed by atoms with Gasteiger partial charge in [0, 0.05) is 11.6 Å². The van der Waals surface area contributed by atoms with Crippen molar-refractivity contribution < 1.29 is 4.52 Å². The topological polar surface area (TPSA) is 26.0 Å². The lowest BCUT2D eigenvalue weighted by atomic mass is 10.2. The molecule has 0 amide bonds. The fourth-order valence-corrected chi connectivity index (χ4v) is 1.97. The molecule has 0 N–H and O–H groups in total. The Kier molecular flexibility index (Phi) is 3.45. The van der Waals surface area contributed by atoms with Gasteiger partial charge in [0.15, 0.2) is 5.76 Å². The van der Waals surface area contributed by atoms with E-state index in [1.165, 1.54) is 0 Å². The van der Waals surface area contributed by atoms with E-state index in [2.05, 4.69) is 12.1 Å². The molecule has 0 aliphatic heterocycles. The predicted molar refractivity (Wildman–Crippen MR) is 63.0 cm³/mol. The summed E-state index contributed by atoms with van der Waals surface area (Å²) in [5, 5.41) is 4.99. The maximum atomic E-state index is 5.28. The molecule has 0 aliphatic carbocycles. The summed E-state index contributed by atoms with van der Waals surface area (Å²) >= 11 is 1.73. The van der Waals surface area contributed by atoms with Crippen LogP contribution in [-0.4, -0.2) is 10.9 Å². The lowest BCUT2D eigenvalue weighted by Gasteiger charge is -1.91. The molecule has 0 aliphatic rings. The minimum Gasteiger partial charge on any atom is -0.355 e. The number of hydrogen-bond donors (Lipinski definition) is 0. The molecule has 15 heavy (non-hydrogen) atoms. The van der Waals surface area contributed by atoms with Gasteiger partial charge in [0.05, 0.1) is 0 Å². The third-order valence-electron chi connectivity index (χ3n) is 2.00. The lowest BCUT2D eigenvalue weighted by molar-refractivity contribution is 0.415. The standard InChI is InChI=1S/C12H13NOS/c1-2-8-15-12-9-11(14-13-12)10-6-4-3-5-7-10/h3-7,9H,2,8H2,1H3. The van der Waals surface area contributed by atoms with Crippen LogP contribution in [0, 0.1) is 0 Å². The van der Waals surface area contributed by atoms with E-state index in [0.29, 0.717) is 0 Å². The molecule has 2 nitrogen and oxygen atoms in total. The van der Waals surface area contributed by atoms with Crippen LogP contribution >= 0.6 is 11.8 Å². The van der Waals surface area contributed by atoms with Gasteiger partial charge in [-0.1, -0.05) is 42.4 Å². The van der Waals surface area contributed by atoms with E-state index in [-0.39, 0.29) is 0 Å². The van der Waals surface area contributed by atoms with E-state index in [9.17, 15) is 0 Å². The third-order valence-corrected chi connectivity index (χ3v) is 3.10. The highest BCUT2D eigenvalue weighted by molar-refractivity contribution is 7.99. The fourth-order valence-electron chi connectivity index (χ4n) is 1.27. The van der Waals surface area contributed by atoms with E-state index in [4.69, 9.17) is 4.52 Å². The monoisotopic (exact) mass is 219 g/mol. The summed E-state index contributed by atoms with van der Waals surface area (Å²) in [6, 6.07) is 12.0. The molecule has 1 heterocycles. The van der Waals surface area contributed by atoms with Crippen LogP contribution in [0.4, 0.5) is 0 Å². The second-order valence-electron chi connectivity index (χ2n) is 3.24. The molecule has 0 saturated heterocycles. The number of benzene rings is 1. The van der Waals surface area contributed by atoms with Crippen LogP contribution in [0.5, 0.6) is 0 Å². The zero-order chi connectivity index (χ0) is 10.5. The average Bonchev–Trinajstić information content (AvgIpc) is 2.76. The Balaban J connectivity index is 2.14. The van der Waals surface area contributed by atoms with Gasteiger partial charge in [-0.2, -0.15) is 0 Å². The zero-order valence-corrected chi connectivity index (χ0v) is 9.46. The van der Waals surface area contributed by atoms with Crippen LogP contribution < -0.4 is 0 Å². The first-order valence-electron chi connectivity index (χ1n) is 5.05. The average molecular weight is 219 g/mol. The van der Waals surface area contributed by atoms with Crippen LogP contribution in [0.1, 0.15) is 13.3 Å². The van der Waals surface area contributed by atoms with E-state index >= 15 is 0 Å². The first-order chi connectivity index (χ1) is 7.40. The molecule has 2 rings (SSSR count). The van der Waals surface area contributed by atoms with Crippen molar-refractivity contribution in [2.45, 2.75) is 18.4 Å². The smallest absolute Gasteiger partial charge is 0.168 e. The zero-order valence-electron chi connectivity index (χ0n) is 8.64. The van der Waals surface area contributed by atoms with Crippen molar-refractivity contribution in [3.05, 3.63) is 36.4 Å². The number of thioether (sulfide) groups is 1. The quantitative estimate of drug-likeness (QED) is 0.731. The van der Waals surface area contributed by atoms with Crippen molar-refractivity contribution in [2.75, 3.05) is 5.75 Å². The Hall–Kier alpha value is -1.22. The Labute approximate surface area is 93.7 Å². The number of rotatable bonds is 4. The Bertz CT molecular complexity index is 411. The molecule has 0 unspecified atom stereocenters. The summed E-state index contributed by atoms with van der Waals surface area (Å²) < 4.78 is 5.28. The summed E-state index contributed by atoms with van der Waals surface area (Å²) in [7, 11) is 0. The van der Waals surface area contributed by atoms with Crippen LogP contribution in [0.2, 0.25) is 0 Å². The maximum Gasteiger partial charge on any atom is 0.168 e. The van der Waals surface area contributed by atoms with Gasteiger partial charge in [-0.05, 0) is 12.2 Å². The van der Waals surface area contributed by atoms with E-state index < -0.39 is 0 Å². The van der Waals surface area contributed by atoms with Crippen molar-refractivity contribution in [3.8, 4) is 11.3 Å². The molecule has 78 valence electrons. The number of nitrogens with zero attached hydrogens (tertiary/aromatic N) is 1. The molecule has 0 atom stereocenters. The van der Waals surface area contributed by atoms with Crippen molar-refractivity contribution in [1.29, 1.82) is 0 Å². The summed E-state index contributed by atoms with van der Waals surface area (Å²) in [5.74, 6) is 1.93. The second kappa shape index (κ2) is 5.03. The molecule has 3 heteroatoms. The van der Waals surface area contributed by atoms with Crippen LogP contribution in [0.15, 0.2) is 45.9 Å². The molecule has 0 radical (unpaired) electrons. The number of hydrogen-bond acceptors (Lipinski definition) is 3. The van der Waals surface area contributed by atoms with E-state index in [1.807, 2.05) is 36.4 Å². The molecular weight excluding hydrogens is 206 g/mol. The van der Waals surface area contributed by atoms with Gasteiger partial charge in [-0.25, -0.2) is 0 Å². The highest BCUT2D eigenvalue weighted by Gasteiger charge is 2.05. The van der Waals surface area contributed by atoms with Crippen molar-refractivity contribution in [2.24, 2.45) is 0 Å². The molecule has 0 saturated carbocycles. The van der Waals surface area contributed by atoms with Gasteiger partial charge in [0.2, 0.25) is 0 Å². The van der Waals surface area contributed by atoms with Crippen LogP contribution in [0.3, 0.4) is 0 Å². The van der Waals surface area contributed by atoms with E-state index in [0.717, 1.165) is 28.5 Å². The SMILES string of the molecule is CCCSc1cc(-c2ccccc2)on1. The van der Waals surface area contributed by atoms with Gasteiger partial charge in [-0.3, -0.25) is 0 Å². The van der Waals surface area contributed by atoms with Gasteiger partial charge >= 0.3 is 0 Å². The van der Waals surface area contributed by atoms with Gasteiger partial charge in [-0.15, -0.1) is 11.8 Å². The molecule has 2 aromatic rings. The predicted octanol–water partition coefficient (Wildman–Crippen LogP) is 3.84. The molecule has 0 bridgehead atoms. The summed E-state index contributed by atoms with van der Waals surface area (Å²) in [6.45, 7) is 2.16. The van der Waals surface area contributed by atoms with Crippen molar-refractivity contribution in [3.63, 3.8) is 0 Å². The lowest BCUT2D eigenvalue weighted by Crippen LogP contribution is -1.73. The first-order valence-corrected chi connectivity index (χ1v) is 6.03. The Morgan fingerprint density at radius 2 is 2.07 bits per heavy atom. The van der Waals surface area contributed by atoms with Gasteiger partial charge in [0.1, 0.15) is 5.03 Å². The third kappa shape index (κ3) is 2.63. The maximum absolute atomic E-state index is 5.28. The first kappa shape index (κ1) is 10.3. The largest absolute Gasteiger partial charge is 0.355 e. The molecule has 1 aromatic heterocycles. The van der Waals surface area contributed by atoms with Gasteiger partial charge in [0.25, 0.3) is 0 Å². The molecular formula is C12H13NOS. The highest BCUT2D eigenvalue weighted by Crippen LogP contribution is 2.25. The Morgan fingerprint density at radius 3 is 2.80 bits per heavy atom. The van der Waals surface area contributed by atoms with Crippen LogP contribution in [0.25, 0.3) is 11.3 Å². The van der Waals surface area contributed by atoms with Crippen LogP contribution in [-0.2, 0) is 0 Å². The summed E-state index contributed by atoms with van der Waals surface area (Å²) in [4.78, 5) is 0. The second-order valence-corrected chi connectivity index (χ2v) is 4.36. The van der Waals surface area contributed by atoms with Gasteiger partial charge < -0.3 is 4.52 Å². The minimum atomic E-state index is 0.842. The van der Waals surface area contributed by atoms with Crippen molar-refractivity contribution >= 4 is 11.8 Å². The fraction of sp³-hybridized carbons (Fsp3) is 0.250. The number of aromatic nitrogens is 1. The Morgan fingerprint density at radius 1 is 1.27 bits per heavy atom. The molecule has 0 fully saturated rings. The highest BCUT2D eigenvalue weighted by atomic mass is 32.2. The summed E-state index contributed by atoms with van der Waals surface area (Å²) in [6.07, 6.45) is 1.15. The van der Waals surface area contributed by atoms with Crippen molar-refractivity contribution in [1.82, 2.24) is 5.16 Å². The van der Waals surface area contributed by atoms with E-state index in [1.54, 1.807) is 11.8 Å². The minimum absolute atomic E-state index is 0.842. The normalized spacial score (nSPS) is 10.5.